The predicted octanol–water partition coefficient (Wildman–Crippen LogP) is 0.951. The van der Waals surface area contributed by atoms with E-state index < -0.39 is 0 Å². The minimum absolute atomic E-state index is 0.0444. The molecule has 1 N–H and O–H groups in total. The summed E-state index contributed by atoms with van der Waals surface area (Å²) in [5.41, 5.74) is 0.655. The van der Waals surface area contributed by atoms with Gasteiger partial charge in [-0.1, -0.05) is 6.08 Å². The number of nitrogens with zero attached hydrogens (tertiary/aromatic N) is 1. The zero-order valence-corrected chi connectivity index (χ0v) is 10.6. The smallest absolute Gasteiger partial charge is 0.333 e. The topological polar surface area (TPSA) is 49.8 Å². The number of aliphatic hydroxyl groups is 1. The van der Waals surface area contributed by atoms with Gasteiger partial charge < -0.3 is 9.84 Å². The van der Waals surface area contributed by atoms with Gasteiger partial charge in [-0.15, -0.1) is 0 Å². The molecule has 0 radical (unpaired) electrons. The quantitative estimate of drug-likeness (QED) is 0.588. The monoisotopic (exact) mass is 239 g/mol. The van der Waals surface area contributed by atoms with Crippen molar-refractivity contribution in [3.05, 3.63) is 11.6 Å². The summed E-state index contributed by atoms with van der Waals surface area (Å²) in [5, 5.41) is 9.34. The summed E-state index contributed by atoms with van der Waals surface area (Å²) >= 11 is 0. The molecule has 3 atom stereocenters. The maximum Gasteiger partial charge on any atom is 0.333 e. The van der Waals surface area contributed by atoms with Crippen molar-refractivity contribution in [3.63, 3.8) is 0 Å². The first-order valence-corrected chi connectivity index (χ1v) is 6.36. The van der Waals surface area contributed by atoms with Crippen LogP contribution in [-0.4, -0.2) is 47.8 Å². The van der Waals surface area contributed by atoms with Crippen LogP contribution in [0.5, 0.6) is 0 Å². The molecule has 2 rings (SSSR count). The van der Waals surface area contributed by atoms with Gasteiger partial charge in [-0.25, -0.2) is 4.79 Å². The molecule has 0 spiro atoms. The van der Waals surface area contributed by atoms with Gasteiger partial charge in [-0.2, -0.15) is 0 Å². The molecule has 0 amide bonds. The number of allylic oxidation sites excluding steroid dienone is 1. The van der Waals surface area contributed by atoms with Crippen molar-refractivity contribution in [2.75, 3.05) is 19.7 Å². The fraction of sp³-hybridized carbons (Fsp3) is 0.769. The second-order valence-electron chi connectivity index (χ2n) is 4.96. The lowest BCUT2D eigenvalue weighted by Crippen LogP contribution is -2.38. The summed E-state index contributed by atoms with van der Waals surface area (Å²) in [6.45, 7) is 5.80. The van der Waals surface area contributed by atoms with Crippen LogP contribution in [0.1, 0.15) is 26.7 Å². The Labute approximate surface area is 102 Å². The van der Waals surface area contributed by atoms with Crippen LogP contribution in [0.4, 0.5) is 0 Å². The summed E-state index contributed by atoms with van der Waals surface area (Å²) in [6, 6.07) is 0.230. The van der Waals surface area contributed by atoms with E-state index in [9.17, 15) is 9.90 Å². The molecular formula is C13H21NO3. The van der Waals surface area contributed by atoms with Gasteiger partial charge in [0, 0.05) is 24.6 Å². The second-order valence-corrected chi connectivity index (χ2v) is 4.96. The van der Waals surface area contributed by atoms with Crippen LogP contribution in [0, 0.1) is 5.92 Å². The van der Waals surface area contributed by atoms with E-state index in [0.29, 0.717) is 5.57 Å². The fourth-order valence-corrected chi connectivity index (χ4v) is 2.89. The highest BCUT2D eigenvalue weighted by atomic mass is 16.5. The lowest BCUT2D eigenvalue weighted by atomic mass is 9.97. The van der Waals surface area contributed by atoms with Crippen molar-refractivity contribution in [2.24, 2.45) is 5.92 Å². The molecule has 0 aromatic heterocycles. The number of esters is 1. The Morgan fingerprint density at radius 2 is 2.18 bits per heavy atom. The van der Waals surface area contributed by atoms with Crippen molar-refractivity contribution in [2.45, 2.75) is 38.8 Å². The Balaban J connectivity index is 2.00. The van der Waals surface area contributed by atoms with E-state index in [4.69, 9.17) is 4.74 Å². The zero-order valence-electron chi connectivity index (χ0n) is 10.6. The van der Waals surface area contributed by atoms with Crippen LogP contribution in [0.15, 0.2) is 11.6 Å². The molecule has 0 aromatic rings. The van der Waals surface area contributed by atoms with Crippen LogP contribution in [0.25, 0.3) is 0 Å². The third-order valence-electron chi connectivity index (χ3n) is 4.02. The van der Waals surface area contributed by atoms with E-state index in [1.165, 1.54) is 0 Å². The first-order valence-electron chi connectivity index (χ1n) is 6.36. The van der Waals surface area contributed by atoms with Crippen molar-refractivity contribution in [1.82, 2.24) is 4.90 Å². The van der Waals surface area contributed by atoms with Crippen molar-refractivity contribution in [1.29, 1.82) is 0 Å². The first kappa shape index (κ1) is 12.6. The van der Waals surface area contributed by atoms with Gasteiger partial charge in [0.1, 0.15) is 6.10 Å². The van der Waals surface area contributed by atoms with E-state index in [-0.39, 0.29) is 30.6 Å². The molecule has 0 saturated carbocycles. The predicted molar refractivity (Wildman–Crippen MR) is 64.5 cm³/mol. The molecule has 0 aromatic carbocycles. The number of rotatable bonds is 3. The molecule has 4 heteroatoms. The maximum atomic E-state index is 11.7. The zero-order chi connectivity index (χ0) is 12.4. The summed E-state index contributed by atoms with van der Waals surface area (Å²) in [5.74, 6) is 0.0455. The molecule has 0 unspecified atom stereocenters. The number of carbonyl (C=O) groups excluding carboxylic acids is 1. The third kappa shape index (κ3) is 2.38. The van der Waals surface area contributed by atoms with Gasteiger partial charge in [0.05, 0.1) is 6.04 Å². The minimum atomic E-state index is -0.220. The Morgan fingerprint density at radius 3 is 2.82 bits per heavy atom. The van der Waals surface area contributed by atoms with E-state index in [1.807, 2.05) is 6.92 Å². The summed E-state index contributed by atoms with van der Waals surface area (Å²) in [4.78, 5) is 14.1. The fourth-order valence-electron chi connectivity index (χ4n) is 2.89. The molecule has 17 heavy (non-hydrogen) atoms. The van der Waals surface area contributed by atoms with Crippen molar-refractivity contribution >= 4 is 5.97 Å². The number of fused-ring (bicyclic) bond motifs is 1. The molecule has 0 bridgehead atoms. The van der Waals surface area contributed by atoms with Crippen LogP contribution in [0.3, 0.4) is 0 Å². The Morgan fingerprint density at radius 1 is 1.47 bits per heavy atom. The maximum absolute atomic E-state index is 11.7. The Bertz CT molecular complexity index is 327. The lowest BCUT2D eigenvalue weighted by Gasteiger charge is -2.25. The Hall–Kier alpha value is -0.870. The normalized spacial score (nSPS) is 33.8. The van der Waals surface area contributed by atoms with E-state index in [0.717, 1.165) is 25.9 Å². The summed E-state index contributed by atoms with van der Waals surface area (Å²) in [6.07, 6.45) is 3.63. The summed E-state index contributed by atoms with van der Waals surface area (Å²) in [7, 11) is 0. The average Bonchev–Trinajstić information content (AvgIpc) is 2.90. The minimum Gasteiger partial charge on any atom is -0.457 e. The van der Waals surface area contributed by atoms with E-state index in [1.54, 1.807) is 13.0 Å². The van der Waals surface area contributed by atoms with Gasteiger partial charge in [-0.3, -0.25) is 4.90 Å². The molecule has 2 fully saturated rings. The first-order chi connectivity index (χ1) is 8.17. The van der Waals surface area contributed by atoms with E-state index in [2.05, 4.69) is 4.90 Å². The van der Waals surface area contributed by atoms with Crippen molar-refractivity contribution < 1.29 is 14.6 Å². The third-order valence-corrected chi connectivity index (χ3v) is 4.02. The molecule has 0 aliphatic carbocycles. The SMILES string of the molecule is C/C=C(/C)C(=O)O[C@@H]1CCN2CC[C@@H](CO)[C@H]12. The second kappa shape index (κ2) is 5.19. The van der Waals surface area contributed by atoms with Gasteiger partial charge >= 0.3 is 5.97 Å². The average molecular weight is 239 g/mol. The number of hydrogen-bond acceptors (Lipinski definition) is 4. The standard InChI is InChI=1S/C13H21NO3/c1-3-9(2)13(16)17-11-5-7-14-6-4-10(8-15)12(11)14/h3,10-12,15H,4-8H2,1-2H3/b9-3-/t10-,11+,12+/m0/s1. The Kier molecular flexibility index (Phi) is 3.84. The van der Waals surface area contributed by atoms with Crippen LogP contribution >= 0.6 is 0 Å². The van der Waals surface area contributed by atoms with Crippen LogP contribution < -0.4 is 0 Å². The molecule has 2 saturated heterocycles. The molecule has 4 nitrogen and oxygen atoms in total. The number of ether oxygens (including phenoxy) is 1. The number of aliphatic hydroxyl groups excluding tert-OH is 1. The largest absolute Gasteiger partial charge is 0.457 e. The van der Waals surface area contributed by atoms with Gasteiger partial charge in [0.15, 0.2) is 0 Å². The molecule has 2 aliphatic heterocycles. The van der Waals surface area contributed by atoms with Crippen LogP contribution in [-0.2, 0) is 9.53 Å². The molecule has 2 aliphatic rings. The van der Waals surface area contributed by atoms with Gasteiger partial charge in [-0.05, 0) is 33.2 Å². The van der Waals surface area contributed by atoms with Crippen molar-refractivity contribution in [3.8, 4) is 0 Å². The van der Waals surface area contributed by atoms with E-state index >= 15 is 0 Å². The highest BCUT2D eigenvalue weighted by molar-refractivity contribution is 5.87. The molecular weight excluding hydrogens is 218 g/mol. The molecule has 96 valence electrons. The van der Waals surface area contributed by atoms with Gasteiger partial charge in [0.25, 0.3) is 0 Å². The highest BCUT2D eigenvalue weighted by Crippen LogP contribution is 2.34. The highest BCUT2D eigenvalue weighted by Gasteiger charge is 2.45. The number of hydrogen-bond donors (Lipinski definition) is 1. The molecule has 2 heterocycles. The van der Waals surface area contributed by atoms with Crippen LogP contribution in [0.2, 0.25) is 0 Å². The van der Waals surface area contributed by atoms with Gasteiger partial charge in [0.2, 0.25) is 0 Å². The lowest BCUT2D eigenvalue weighted by molar-refractivity contribution is -0.145. The number of carbonyl (C=O) groups is 1. The summed E-state index contributed by atoms with van der Waals surface area (Å²) < 4.78 is 5.55.